The minimum atomic E-state index is -0.912. The Balaban J connectivity index is 5.16. The Morgan fingerprint density at radius 3 is 1.88 bits per heavy atom. The van der Waals surface area contributed by atoms with Crippen molar-refractivity contribution in [2.45, 2.75) is 13.8 Å². The normalized spacial score (nSPS) is 9.65. The van der Waals surface area contributed by atoms with Crippen molar-refractivity contribution in [3.8, 4) is 0 Å². The van der Waals surface area contributed by atoms with E-state index in [1.165, 1.54) is 6.92 Å². The summed E-state index contributed by atoms with van der Waals surface area (Å²) in [5, 5.41) is 0. The highest BCUT2D eigenvalue weighted by atomic mass is 17.2. The van der Waals surface area contributed by atoms with Crippen molar-refractivity contribution in [3.63, 3.8) is 0 Å². The third-order valence-electron chi connectivity index (χ3n) is 1.86. The van der Waals surface area contributed by atoms with Gasteiger partial charge in [-0.05, 0) is 13.8 Å². The number of Topliss-reactive ketones (excluding diaryl/α,β-unsaturated/α-hetero) is 2. The highest BCUT2D eigenvalue weighted by molar-refractivity contribution is 6.24. The molecule has 0 heterocycles. The average molecular weight is 244 g/mol. The fourth-order valence-electron chi connectivity index (χ4n) is 1.05. The van der Waals surface area contributed by atoms with Gasteiger partial charge in [0.1, 0.15) is 0 Å². The summed E-state index contributed by atoms with van der Waals surface area (Å²) in [5.74, 6) is -2.23. The molecule has 0 aliphatic carbocycles. The summed E-state index contributed by atoms with van der Waals surface area (Å²) < 4.78 is 0. The SMILES string of the molecule is CCOOC(=O)C(C)=C(C(=O)CN)C(=O)CN. The lowest BCUT2D eigenvalue weighted by Gasteiger charge is -2.07. The first kappa shape index (κ1) is 15.4. The molecule has 17 heavy (non-hydrogen) atoms. The van der Waals surface area contributed by atoms with E-state index in [9.17, 15) is 14.4 Å². The molecule has 96 valence electrons. The molecule has 0 rings (SSSR count). The fraction of sp³-hybridized carbons (Fsp3) is 0.500. The first-order chi connectivity index (χ1) is 7.99. The van der Waals surface area contributed by atoms with Gasteiger partial charge in [0.15, 0.2) is 11.6 Å². The first-order valence-corrected chi connectivity index (χ1v) is 5.00. The average Bonchev–Trinajstić information content (AvgIpc) is 2.35. The van der Waals surface area contributed by atoms with Crippen LogP contribution in [0.2, 0.25) is 0 Å². The molecule has 0 atom stereocenters. The summed E-state index contributed by atoms with van der Waals surface area (Å²) in [6.07, 6.45) is 0. The Morgan fingerprint density at radius 2 is 1.53 bits per heavy atom. The molecule has 0 aromatic heterocycles. The first-order valence-electron chi connectivity index (χ1n) is 5.00. The molecule has 0 radical (unpaired) electrons. The van der Waals surface area contributed by atoms with Crippen LogP contribution in [-0.2, 0) is 24.2 Å². The van der Waals surface area contributed by atoms with E-state index in [-0.39, 0.29) is 30.8 Å². The van der Waals surface area contributed by atoms with E-state index >= 15 is 0 Å². The van der Waals surface area contributed by atoms with E-state index in [1.807, 2.05) is 0 Å². The summed E-state index contributed by atoms with van der Waals surface area (Å²) in [7, 11) is 0. The lowest BCUT2D eigenvalue weighted by Crippen LogP contribution is -2.28. The van der Waals surface area contributed by atoms with E-state index in [1.54, 1.807) is 6.92 Å². The zero-order valence-corrected chi connectivity index (χ0v) is 9.82. The van der Waals surface area contributed by atoms with Crippen molar-refractivity contribution in [2.75, 3.05) is 19.7 Å². The lowest BCUT2D eigenvalue weighted by molar-refractivity contribution is -0.265. The van der Waals surface area contributed by atoms with Gasteiger partial charge in [0.05, 0.1) is 30.8 Å². The number of hydrogen-bond acceptors (Lipinski definition) is 7. The molecule has 0 aromatic rings. The quantitative estimate of drug-likeness (QED) is 0.191. The molecule has 0 unspecified atom stereocenters. The van der Waals surface area contributed by atoms with Gasteiger partial charge < -0.3 is 11.5 Å². The number of ketones is 2. The molecule has 0 saturated heterocycles. The third-order valence-corrected chi connectivity index (χ3v) is 1.86. The molecule has 4 N–H and O–H groups in total. The Morgan fingerprint density at radius 1 is 1.06 bits per heavy atom. The zero-order chi connectivity index (χ0) is 13.4. The number of hydrogen-bond donors (Lipinski definition) is 2. The monoisotopic (exact) mass is 244 g/mol. The summed E-state index contributed by atoms with van der Waals surface area (Å²) in [5.41, 5.74) is 9.79. The van der Waals surface area contributed by atoms with Crippen LogP contribution in [0.4, 0.5) is 0 Å². The summed E-state index contributed by atoms with van der Waals surface area (Å²) in [6, 6.07) is 0. The highest BCUT2D eigenvalue weighted by Gasteiger charge is 2.23. The van der Waals surface area contributed by atoms with Crippen LogP contribution in [0.15, 0.2) is 11.1 Å². The van der Waals surface area contributed by atoms with Gasteiger partial charge in [-0.3, -0.25) is 14.5 Å². The van der Waals surface area contributed by atoms with E-state index in [4.69, 9.17) is 11.5 Å². The van der Waals surface area contributed by atoms with E-state index < -0.39 is 17.5 Å². The van der Waals surface area contributed by atoms with E-state index in [2.05, 4.69) is 9.78 Å². The number of carbonyl (C=O) groups is 3. The number of rotatable bonds is 7. The Hall–Kier alpha value is -1.57. The molecule has 0 spiro atoms. The van der Waals surface area contributed by atoms with Crippen molar-refractivity contribution in [1.82, 2.24) is 0 Å². The molecule has 0 aliphatic heterocycles. The molecule has 0 saturated carbocycles. The Kier molecular flexibility index (Phi) is 6.95. The Bertz CT molecular complexity index is 331. The molecular formula is C10H16N2O5. The lowest BCUT2D eigenvalue weighted by atomic mass is 10.0. The van der Waals surface area contributed by atoms with Gasteiger partial charge in [0.2, 0.25) is 0 Å². The van der Waals surface area contributed by atoms with Crippen LogP contribution in [0.1, 0.15) is 13.8 Å². The van der Waals surface area contributed by atoms with Gasteiger partial charge in [-0.2, -0.15) is 4.89 Å². The van der Waals surface area contributed by atoms with Crippen molar-refractivity contribution in [2.24, 2.45) is 11.5 Å². The van der Waals surface area contributed by atoms with E-state index in [0.717, 1.165) is 0 Å². The van der Waals surface area contributed by atoms with Gasteiger partial charge in [-0.15, -0.1) is 0 Å². The van der Waals surface area contributed by atoms with Crippen LogP contribution in [0.25, 0.3) is 0 Å². The van der Waals surface area contributed by atoms with Crippen LogP contribution in [-0.4, -0.2) is 37.2 Å². The van der Waals surface area contributed by atoms with Crippen LogP contribution in [0.5, 0.6) is 0 Å². The van der Waals surface area contributed by atoms with Gasteiger partial charge in [-0.1, -0.05) is 0 Å². The minimum Gasteiger partial charge on any atom is -0.324 e. The van der Waals surface area contributed by atoms with Gasteiger partial charge >= 0.3 is 5.97 Å². The second kappa shape index (κ2) is 7.66. The topological polar surface area (TPSA) is 122 Å². The molecule has 0 fully saturated rings. The Labute approximate surface area is 98.7 Å². The zero-order valence-electron chi connectivity index (χ0n) is 9.82. The van der Waals surface area contributed by atoms with Crippen molar-refractivity contribution < 1.29 is 24.2 Å². The smallest absolute Gasteiger partial charge is 0.324 e. The van der Waals surface area contributed by atoms with Crippen molar-refractivity contribution in [3.05, 3.63) is 11.1 Å². The molecule has 0 amide bonds. The summed E-state index contributed by atoms with van der Waals surface area (Å²) in [4.78, 5) is 43.0. The third kappa shape index (κ3) is 4.43. The van der Waals surface area contributed by atoms with Gasteiger partial charge in [-0.25, -0.2) is 4.79 Å². The molecular weight excluding hydrogens is 228 g/mol. The predicted octanol–water partition coefficient (Wildman–Crippen LogP) is -1.15. The largest absolute Gasteiger partial charge is 0.369 e. The molecule has 7 heteroatoms. The van der Waals surface area contributed by atoms with Gasteiger partial charge in [0, 0.05) is 0 Å². The molecule has 7 nitrogen and oxygen atoms in total. The van der Waals surface area contributed by atoms with Gasteiger partial charge in [0.25, 0.3) is 0 Å². The standard InChI is InChI=1S/C10H16N2O5/c1-3-16-17-10(15)6(2)9(7(13)4-11)8(14)5-12/h3-5,11-12H2,1-2H3. The van der Waals surface area contributed by atoms with Crippen LogP contribution >= 0.6 is 0 Å². The number of carbonyl (C=O) groups excluding carboxylic acids is 3. The predicted molar refractivity (Wildman–Crippen MR) is 58.5 cm³/mol. The minimum absolute atomic E-state index is 0.157. The maximum Gasteiger partial charge on any atom is 0.369 e. The summed E-state index contributed by atoms with van der Waals surface area (Å²) >= 11 is 0. The molecule has 0 aliphatic rings. The van der Waals surface area contributed by atoms with Crippen molar-refractivity contribution >= 4 is 17.5 Å². The maximum absolute atomic E-state index is 11.4. The highest BCUT2D eigenvalue weighted by Crippen LogP contribution is 2.09. The second-order valence-corrected chi connectivity index (χ2v) is 3.03. The van der Waals surface area contributed by atoms with E-state index in [0.29, 0.717) is 0 Å². The number of nitrogens with two attached hydrogens (primary N) is 2. The van der Waals surface area contributed by atoms with Crippen LogP contribution in [0.3, 0.4) is 0 Å². The fourth-order valence-corrected chi connectivity index (χ4v) is 1.05. The molecule has 0 aromatic carbocycles. The van der Waals surface area contributed by atoms with Crippen LogP contribution in [0, 0.1) is 0 Å². The van der Waals surface area contributed by atoms with Crippen LogP contribution < -0.4 is 11.5 Å². The van der Waals surface area contributed by atoms with Crippen molar-refractivity contribution in [1.29, 1.82) is 0 Å². The second-order valence-electron chi connectivity index (χ2n) is 3.03. The maximum atomic E-state index is 11.4. The summed E-state index contributed by atoms with van der Waals surface area (Å²) in [6.45, 7) is 2.27. The molecule has 0 bridgehead atoms.